The van der Waals surface area contributed by atoms with Crippen LogP contribution >= 0.6 is 11.6 Å². The third kappa shape index (κ3) is 4.65. The molecule has 1 aliphatic heterocycles. The maximum Gasteiger partial charge on any atom is 0.417 e. The molecule has 148 valence electrons. The van der Waals surface area contributed by atoms with E-state index in [1.54, 1.807) is 23.3 Å². The SMILES string of the molecule is CN(CC(=O)Nc1ccc(Cl)c(C(F)(F)F)c1)c1cccc(N2C=NNN2)c1. The summed E-state index contributed by atoms with van der Waals surface area (Å²) in [7, 11) is 1.70. The van der Waals surface area contributed by atoms with Gasteiger partial charge in [-0.05, 0) is 36.4 Å². The summed E-state index contributed by atoms with van der Waals surface area (Å²) in [5.41, 5.74) is 5.91. The molecule has 0 atom stereocenters. The Morgan fingerprint density at radius 1 is 1.29 bits per heavy atom. The molecule has 0 saturated carbocycles. The molecule has 0 bridgehead atoms. The lowest BCUT2D eigenvalue weighted by Gasteiger charge is -2.21. The van der Waals surface area contributed by atoms with Crippen molar-refractivity contribution in [3.05, 3.63) is 53.1 Å². The van der Waals surface area contributed by atoms with Crippen molar-refractivity contribution in [2.24, 2.45) is 5.10 Å². The van der Waals surface area contributed by atoms with Gasteiger partial charge in [-0.2, -0.15) is 18.3 Å². The topological polar surface area (TPSA) is 72.0 Å². The van der Waals surface area contributed by atoms with Gasteiger partial charge in [0.2, 0.25) is 5.91 Å². The van der Waals surface area contributed by atoms with Crippen molar-refractivity contribution in [2.45, 2.75) is 6.18 Å². The van der Waals surface area contributed by atoms with Gasteiger partial charge in [0.05, 0.1) is 22.8 Å². The zero-order chi connectivity index (χ0) is 20.3. The maximum atomic E-state index is 12.9. The summed E-state index contributed by atoms with van der Waals surface area (Å²) in [5, 5.41) is 7.49. The summed E-state index contributed by atoms with van der Waals surface area (Å²) in [6, 6.07) is 10.5. The molecule has 1 aliphatic rings. The first-order valence-electron chi connectivity index (χ1n) is 8.05. The average Bonchev–Trinajstić information content (AvgIpc) is 3.17. The molecule has 1 amide bonds. The lowest BCUT2D eigenvalue weighted by Crippen LogP contribution is -2.37. The summed E-state index contributed by atoms with van der Waals surface area (Å²) in [6.45, 7) is -0.0623. The predicted molar refractivity (Wildman–Crippen MR) is 102 cm³/mol. The van der Waals surface area contributed by atoms with Crippen molar-refractivity contribution in [3.8, 4) is 0 Å². The number of alkyl halides is 3. The minimum absolute atomic E-state index is 0.0208. The molecule has 28 heavy (non-hydrogen) atoms. The van der Waals surface area contributed by atoms with Crippen molar-refractivity contribution < 1.29 is 18.0 Å². The number of benzene rings is 2. The van der Waals surface area contributed by atoms with Crippen molar-refractivity contribution in [1.82, 2.24) is 11.1 Å². The van der Waals surface area contributed by atoms with E-state index in [1.165, 1.54) is 6.07 Å². The Labute approximate surface area is 163 Å². The van der Waals surface area contributed by atoms with Crippen LogP contribution in [0.15, 0.2) is 47.6 Å². The predicted octanol–water partition coefficient (Wildman–Crippen LogP) is 3.21. The zero-order valence-electron chi connectivity index (χ0n) is 14.6. The first-order valence-corrected chi connectivity index (χ1v) is 8.43. The number of likely N-dealkylation sites (N-methyl/N-ethyl adjacent to an activating group) is 1. The van der Waals surface area contributed by atoms with Crippen LogP contribution in [-0.4, -0.2) is 25.8 Å². The molecule has 1 heterocycles. The number of hydrogen-bond donors (Lipinski definition) is 3. The minimum Gasteiger partial charge on any atom is -0.365 e. The van der Waals surface area contributed by atoms with Crippen LogP contribution < -0.4 is 26.3 Å². The maximum absolute atomic E-state index is 12.9. The highest BCUT2D eigenvalue weighted by Crippen LogP contribution is 2.36. The number of carbonyl (C=O) groups excluding carboxylic acids is 1. The van der Waals surface area contributed by atoms with E-state index >= 15 is 0 Å². The fourth-order valence-electron chi connectivity index (χ4n) is 2.54. The zero-order valence-corrected chi connectivity index (χ0v) is 15.3. The van der Waals surface area contributed by atoms with Crippen LogP contribution in [0.1, 0.15) is 5.56 Å². The summed E-state index contributed by atoms with van der Waals surface area (Å²) in [5.74, 6) is -0.467. The van der Waals surface area contributed by atoms with Gasteiger partial charge in [-0.15, -0.1) is 5.53 Å². The highest BCUT2D eigenvalue weighted by molar-refractivity contribution is 6.31. The van der Waals surface area contributed by atoms with Gasteiger partial charge >= 0.3 is 6.18 Å². The lowest BCUT2D eigenvalue weighted by atomic mass is 10.2. The number of carbonyl (C=O) groups is 1. The number of hydrogen-bond acceptors (Lipinski definition) is 6. The molecule has 3 rings (SSSR count). The van der Waals surface area contributed by atoms with Crippen LogP contribution in [0, 0.1) is 0 Å². The minimum atomic E-state index is -4.60. The second-order valence-corrected chi connectivity index (χ2v) is 6.36. The molecule has 3 N–H and O–H groups in total. The van der Waals surface area contributed by atoms with Gasteiger partial charge in [0.1, 0.15) is 6.34 Å². The van der Waals surface area contributed by atoms with Crippen molar-refractivity contribution in [2.75, 3.05) is 28.8 Å². The molecular formula is C17H16ClF3N6O. The van der Waals surface area contributed by atoms with Crippen molar-refractivity contribution >= 4 is 40.9 Å². The first-order chi connectivity index (χ1) is 13.2. The second kappa shape index (κ2) is 7.95. The molecule has 0 spiro atoms. The third-order valence-electron chi connectivity index (χ3n) is 3.89. The van der Waals surface area contributed by atoms with E-state index in [1.807, 2.05) is 24.3 Å². The molecule has 0 saturated heterocycles. The number of nitrogens with zero attached hydrogens (tertiary/aromatic N) is 3. The Hall–Kier alpha value is -2.98. The highest BCUT2D eigenvalue weighted by Gasteiger charge is 2.33. The lowest BCUT2D eigenvalue weighted by molar-refractivity contribution is -0.137. The number of nitrogens with one attached hydrogen (secondary N) is 3. The van der Waals surface area contributed by atoms with Crippen LogP contribution in [0.2, 0.25) is 5.02 Å². The van der Waals surface area contributed by atoms with Crippen LogP contribution in [0.3, 0.4) is 0 Å². The second-order valence-electron chi connectivity index (χ2n) is 5.95. The van der Waals surface area contributed by atoms with E-state index in [2.05, 4.69) is 21.5 Å². The summed E-state index contributed by atoms with van der Waals surface area (Å²) in [6.07, 6.45) is -3.05. The Kier molecular flexibility index (Phi) is 5.61. The molecule has 0 fully saturated rings. The largest absolute Gasteiger partial charge is 0.417 e. The van der Waals surface area contributed by atoms with Crippen LogP contribution in [-0.2, 0) is 11.0 Å². The van der Waals surface area contributed by atoms with E-state index in [4.69, 9.17) is 11.6 Å². The van der Waals surface area contributed by atoms with Gasteiger partial charge in [0.25, 0.3) is 0 Å². The Morgan fingerprint density at radius 3 is 2.75 bits per heavy atom. The quantitative estimate of drug-likeness (QED) is 0.703. The van der Waals surface area contributed by atoms with Crippen molar-refractivity contribution in [1.29, 1.82) is 0 Å². The highest BCUT2D eigenvalue weighted by atomic mass is 35.5. The molecule has 11 heteroatoms. The summed E-state index contributed by atoms with van der Waals surface area (Å²) >= 11 is 5.59. The van der Waals surface area contributed by atoms with Gasteiger partial charge in [-0.3, -0.25) is 4.79 Å². The van der Waals surface area contributed by atoms with Crippen molar-refractivity contribution in [3.63, 3.8) is 0 Å². The summed E-state index contributed by atoms with van der Waals surface area (Å²) < 4.78 is 38.8. The molecule has 0 unspecified atom stereocenters. The van der Waals surface area contributed by atoms with Gasteiger partial charge in [-0.1, -0.05) is 17.7 Å². The van der Waals surface area contributed by atoms with E-state index in [0.29, 0.717) is 0 Å². The monoisotopic (exact) mass is 412 g/mol. The number of halogens is 4. The number of rotatable bonds is 5. The molecule has 0 aromatic heterocycles. The van der Waals surface area contributed by atoms with E-state index in [-0.39, 0.29) is 12.2 Å². The molecular weight excluding hydrogens is 397 g/mol. The molecule has 0 aliphatic carbocycles. The van der Waals surface area contributed by atoms with Gasteiger partial charge in [-0.25, -0.2) is 10.5 Å². The molecule has 0 radical (unpaired) electrons. The smallest absolute Gasteiger partial charge is 0.365 e. The fraction of sp³-hybridized carbons (Fsp3) is 0.176. The number of amides is 1. The van der Waals surface area contributed by atoms with Crippen LogP contribution in [0.5, 0.6) is 0 Å². The average molecular weight is 413 g/mol. The Morgan fingerprint density at radius 2 is 2.07 bits per heavy atom. The first kappa shape index (κ1) is 19.8. The fourth-order valence-corrected chi connectivity index (χ4v) is 2.76. The van der Waals surface area contributed by atoms with Crippen LogP contribution in [0.25, 0.3) is 0 Å². The third-order valence-corrected chi connectivity index (χ3v) is 4.22. The molecule has 2 aromatic carbocycles. The van der Waals surface area contributed by atoms with E-state index in [9.17, 15) is 18.0 Å². The standard InChI is InChI=1S/C17H16ClF3N6O/c1-26(12-3-2-4-13(8-12)27-10-22-24-25-27)9-16(28)23-11-5-6-15(18)14(7-11)17(19,20)21/h2-8,10,24-25H,9H2,1H3,(H,23,28). The normalized spacial score (nSPS) is 13.4. The van der Waals surface area contributed by atoms with E-state index in [0.717, 1.165) is 23.5 Å². The van der Waals surface area contributed by atoms with Gasteiger partial charge in [0.15, 0.2) is 0 Å². The number of anilines is 3. The van der Waals surface area contributed by atoms with Gasteiger partial charge in [0, 0.05) is 18.4 Å². The molecule has 7 nitrogen and oxygen atoms in total. The summed E-state index contributed by atoms with van der Waals surface area (Å²) in [4.78, 5) is 13.9. The van der Waals surface area contributed by atoms with E-state index < -0.39 is 22.7 Å². The number of hydrazone groups is 1. The Bertz CT molecular complexity index is 905. The Balaban J connectivity index is 1.67. The molecule has 2 aromatic rings. The van der Waals surface area contributed by atoms with Crippen LogP contribution in [0.4, 0.5) is 30.2 Å². The number of hydrazine groups is 2. The van der Waals surface area contributed by atoms with Gasteiger partial charge < -0.3 is 10.2 Å².